The first-order valence-corrected chi connectivity index (χ1v) is 5.43. The van der Waals surface area contributed by atoms with Crippen molar-refractivity contribution in [2.75, 3.05) is 5.33 Å². The molecule has 0 radical (unpaired) electrons. The largest absolute Gasteiger partial charge is 0.507 e. The predicted molar refractivity (Wildman–Crippen MR) is 58.3 cm³/mol. The third-order valence-electron chi connectivity index (χ3n) is 2.07. The second kappa shape index (κ2) is 5.25. The van der Waals surface area contributed by atoms with Gasteiger partial charge in [-0.05, 0) is 6.07 Å². The Labute approximate surface area is 95.3 Å². The molecule has 1 aromatic carbocycles. The number of benzene rings is 1. The molecule has 0 amide bonds. The van der Waals surface area contributed by atoms with Gasteiger partial charge >= 0.3 is 0 Å². The van der Waals surface area contributed by atoms with Crippen LogP contribution in [-0.2, 0) is 0 Å². The number of halogens is 1. The van der Waals surface area contributed by atoms with Gasteiger partial charge in [0, 0.05) is 10.9 Å². The SMILES string of the molecule is O=Cc1cccc(C(O)C(O)CBr)c1O. The van der Waals surface area contributed by atoms with Gasteiger partial charge in [-0.1, -0.05) is 28.1 Å². The zero-order valence-electron chi connectivity index (χ0n) is 7.80. The Morgan fingerprint density at radius 1 is 1.40 bits per heavy atom. The standard InChI is InChI=1S/C10H11BrO4/c11-4-8(13)10(15)7-3-1-2-6(5-12)9(7)14/h1-3,5,8,10,13-15H,4H2. The lowest BCUT2D eigenvalue weighted by molar-refractivity contribution is 0.0327. The second-order valence-corrected chi connectivity index (χ2v) is 3.72. The molecule has 4 nitrogen and oxygen atoms in total. The summed E-state index contributed by atoms with van der Waals surface area (Å²) >= 11 is 3.01. The van der Waals surface area contributed by atoms with Crippen molar-refractivity contribution in [1.29, 1.82) is 0 Å². The maximum Gasteiger partial charge on any atom is 0.153 e. The van der Waals surface area contributed by atoms with Gasteiger partial charge in [-0.2, -0.15) is 0 Å². The number of para-hydroxylation sites is 1. The number of alkyl halides is 1. The van der Waals surface area contributed by atoms with Crippen LogP contribution in [0.4, 0.5) is 0 Å². The van der Waals surface area contributed by atoms with Crippen LogP contribution in [0.15, 0.2) is 18.2 Å². The number of rotatable bonds is 4. The smallest absolute Gasteiger partial charge is 0.153 e. The van der Waals surface area contributed by atoms with Gasteiger partial charge in [0.2, 0.25) is 0 Å². The van der Waals surface area contributed by atoms with Crippen LogP contribution in [-0.4, -0.2) is 33.0 Å². The molecule has 0 aromatic heterocycles. The highest BCUT2D eigenvalue weighted by Gasteiger charge is 2.21. The molecule has 3 N–H and O–H groups in total. The quantitative estimate of drug-likeness (QED) is 0.565. The number of hydrogen-bond donors (Lipinski definition) is 3. The van der Waals surface area contributed by atoms with Crippen LogP contribution in [0.2, 0.25) is 0 Å². The number of aromatic hydroxyl groups is 1. The van der Waals surface area contributed by atoms with Crippen LogP contribution in [0.25, 0.3) is 0 Å². The molecule has 0 aliphatic heterocycles. The van der Waals surface area contributed by atoms with Gasteiger partial charge in [0.25, 0.3) is 0 Å². The first kappa shape index (κ1) is 12.2. The molecule has 0 spiro atoms. The number of aliphatic hydroxyl groups is 2. The van der Waals surface area contributed by atoms with Gasteiger partial charge in [0.1, 0.15) is 11.9 Å². The van der Waals surface area contributed by atoms with Gasteiger partial charge < -0.3 is 15.3 Å². The highest BCUT2D eigenvalue weighted by Crippen LogP contribution is 2.29. The zero-order chi connectivity index (χ0) is 11.4. The average Bonchev–Trinajstić information content (AvgIpc) is 2.27. The fourth-order valence-electron chi connectivity index (χ4n) is 1.21. The third-order valence-corrected chi connectivity index (χ3v) is 2.73. The molecule has 5 heteroatoms. The van der Waals surface area contributed by atoms with E-state index in [0.717, 1.165) is 0 Å². The molecule has 0 aliphatic rings. The summed E-state index contributed by atoms with van der Waals surface area (Å²) in [6.07, 6.45) is -1.76. The summed E-state index contributed by atoms with van der Waals surface area (Å²) in [4.78, 5) is 10.5. The van der Waals surface area contributed by atoms with Crippen molar-refractivity contribution < 1.29 is 20.1 Å². The molecule has 0 saturated carbocycles. The first-order valence-electron chi connectivity index (χ1n) is 4.31. The van der Waals surface area contributed by atoms with E-state index in [1.165, 1.54) is 18.2 Å². The van der Waals surface area contributed by atoms with Crippen molar-refractivity contribution in [2.45, 2.75) is 12.2 Å². The van der Waals surface area contributed by atoms with E-state index in [9.17, 15) is 20.1 Å². The molecule has 0 aliphatic carbocycles. The van der Waals surface area contributed by atoms with E-state index in [4.69, 9.17) is 0 Å². The molecular formula is C10H11BrO4. The fraction of sp³-hybridized carbons (Fsp3) is 0.300. The summed E-state index contributed by atoms with van der Waals surface area (Å²) in [6.45, 7) is 0. The summed E-state index contributed by atoms with van der Waals surface area (Å²) in [6, 6.07) is 4.42. The summed E-state index contributed by atoms with van der Waals surface area (Å²) in [5, 5.41) is 28.8. The maximum absolute atomic E-state index is 10.5. The highest BCUT2D eigenvalue weighted by atomic mass is 79.9. The summed E-state index contributed by atoms with van der Waals surface area (Å²) in [7, 11) is 0. The molecule has 1 rings (SSSR count). The second-order valence-electron chi connectivity index (χ2n) is 3.07. The molecule has 0 bridgehead atoms. The van der Waals surface area contributed by atoms with Gasteiger partial charge in [0.15, 0.2) is 6.29 Å². The zero-order valence-corrected chi connectivity index (χ0v) is 9.39. The minimum absolute atomic E-state index is 0.0910. The van der Waals surface area contributed by atoms with Gasteiger partial charge in [0.05, 0.1) is 11.7 Å². The van der Waals surface area contributed by atoms with E-state index in [-0.39, 0.29) is 22.2 Å². The normalized spacial score (nSPS) is 14.6. The molecule has 2 atom stereocenters. The average molecular weight is 275 g/mol. The first-order chi connectivity index (χ1) is 7.11. The Bertz CT molecular complexity index is 353. The Balaban J connectivity index is 3.09. The van der Waals surface area contributed by atoms with Crippen LogP contribution < -0.4 is 0 Å². The Morgan fingerprint density at radius 2 is 2.07 bits per heavy atom. The van der Waals surface area contributed by atoms with Crippen LogP contribution >= 0.6 is 15.9 Å². The molecule has 0 heterocycles. The van der Waals surface area contributed by atoms with Crippen molar-refractivity contribution in [1.82, 2.24) is 0 Å². The summed E-state index contributed by atoms with van der Waals surface area (Å²) in [5.74, 6) is -0.292. The number of carbonyl (C=O) groups excluding carboxylic acids is 1. The lowest BCUT2D eigenvalue weighted by Crippen LogP contribution is -2.19. The molecule has 0 fully saturated rings. The van der Waals surface area contributed by atoms with Crippen molar-refractivity contribution in [3.05, 3.63) is 29.3 Å². The lowest BCUT2D eigenvalue weighted by atomic mass is 10.0. The van der Waals surface area contributed by atoms with Gasteiger partial charge in [-0.3, -0.25) is 4.79 Å². The highest BCUT2D eigenvalue weighted by molar-refractivity contribution is 9.09. The summed E-state index contributed by atoms with van der Waals surface area (Å²) in [5.41, 5.74) is 0.236. The number of phenolic OH excluding ortho intramolecular Hbond substituents is 1. The molecule has 15 heavy (non-hydrogen) atoms. The topological polar surface area (TPSA) is 77.8 Å². The van der Waals surface area contributed by atoms with Crippen molar-refractivity contribution >= 4 is 22.2 Å². The number of phenols is 1. The number of aldehydes is 1. The third kappa shape index (κ3) is 2.56. The molecule has 82 valence electrons. The minimum Gasteiger partial charge on any atom is -0.507 e. The van der Waals surface area contributed by atoms with Crippen LogP contribution in [0, 0.1) is 0 Å². The Kier molecular flexibility index (Phi) is 4.26. The number of carbonyl (C=O) groups is 1. The van der Waals surface area contributed by atoms with Crippen LogP contribution in [0.3, 0.4) is 0 Å². The van der Waals surface area contributed by atoms with Gasteiger partial charge in [-0.25, -0.2) is 0 Å². The lowest BCUT2D eigenvalue weighted by Gasteiger charge is -2.17. The van der Waals surface area contributed by atoms with Gasteiger partial charge in [-0.15, -0.1) is 0 Å². The number of hydrogen-bond acceptors (Lipinski definition) is 4. The minimum atomic E-state index is -1.22. The monoisotopic (exact) mass is 274 g/mol. The fourth-order valence-corrected chi connectivity index (χ4v) is 1.56. The molecule has 1 aromatic rings. The predicted octanol–water partition coefficient (Wildman–Crippen LogP) is 0.994. The Hall–Kier alpha value is -0.910. The molecule has 2 unspecified atom stereocenters. The molecular weight excluding hydrogens is 264 g/mol. The van der Waals surface area contributed by atoms with Crippen molar-refractivity contribution in [3.63, 3.8) is 0 Å². The molecule has 0 saturated heterocycles. The van der Waals surface area contributed by atoms with E-state index in [1.807, 2.05) is 0 Å². The summed E-state index contributed by atoms with van der Waals surface area (Å²) < 4.78 is 0. The van der Waals surface area contributed by atoms with Crippen molar-refractivity contribution in [3.8, 4) is 5.75 Å². The van der Waals surface area contributed by atoms with E-state index in [2.05, 4.69) is 15.9 Å². The Morgan fingerprint density at radius 3 is 2.60 bits per heavy atom. The maximum atomic E-state index is 10.5. The van der Waals surface area contributed by atoms with Crippen molar-refractivity contribution in [2.24, 2.45) is 0 Å². The van der Waals surface area contributed by atoms with E-state index >= 15 is 0 Å². The number of aliphatic hydroxyl groups excluding tert-OH is 2. The van der Waals surface area contributed by atoms with E-state index in [1.54, 1.807) is 0 Å². The van der Waals surface area contributed by atoms with Crippen LogP contribution in [0.5, 0.6) is 5.75 Å². The van der Waals surface area contributed by atoms with Crippen LogP contribution in [0.1, 0.15) is 22.0 Å². The van der Waals surface area contributed by atoms with E-state index in [0.29, 0.717) is 6.29 Å². The van der Waals surface area contributed by atoms with E-state index < -0.39 is 12.2 Å².